The predicted octanol–water partition coefficient (Wildman–Crippen LogP) is 9.46. The highest BCUT2D eigenvalue weighted by Crippen LogP contribution is 2.45. The molecule has 1 aliphatic heterocycles. The van der Waals surface area contributed by atoms with Gasteiger partial charge in [-0.25, -0.2) is 0 Å². The van der Waals surface area contributed by atoms with E-state index in [0.717, 1.165) is 45.6 Å². The Balaban J connectivity index is 1.19. The molecule has 5 nitrogen and oxygen atoms in total. The Morgan fingerprint density at radius 1 is 0.786 bits per heavy atom. The van der Waals surface area contributed by atoms with Crippen LogP contribution in [0, 0.1) is 0 Å². The SMILES string of the molecule is COc1cc(OCc2ccccc2)c(-c2cc3ccccc3s2)cc1Oc1ccc(SOCCN2CCCCC2)cc1. The monoisotopic (exact) mass is 597 g/mol. The first-order chi connectivity index (χ1) is 20.7. The molecule has 0 radical (unpaired) electrons. The molecule has 1 saturated heterocycles. The van der Waals surface area contributed by atoms with Crippen molar-refractivity contribution in [1.82, 2.24) is 4.90 Å². The minimum Gasteiger partial charge on any atom is -0.493 e. The maximum atomic E-state index is 6.38. The summed E-state index contributed by atoms with van der Waals surface area (Å²) in [6, 6.07) is 32.7. The van der Waals surface area contributed by atoms with Crippen LogP contribution in [0.5, 0.6) is 23.0 Å². The molecule has 7 heteroatoms. The first-order valence-corrected chi connectivity index (χ1v) is 16.0. The van der Waals surface area contributed by atoms with E-state index in [1.54, 1.807) is 18.4 Å². The van der Waals surface area contributed by atoms with Gasteiger partial charge in [0.2, 0.25) is 0 Å². The summed E-state index contributed by atoms with van der Waals surface area (Å²) in [5, 5.41) is 1.20. The number of thiophene rings is 1. The molecule has 1 fully saturated rings. The topological polar surface area (TPSA) is 40.2 Å². The third-order valence-electron chi connectivity index (χ3n) is 7.34. The van der Waals surface area contributed by atoms with Gasteiger partial charge in [-0.15, -0.1) is 11.3 Å². The summed E-state index contributed by atoms with van der Waals surface area (Å²) in [7, 11) is 1.66. The number of hydrogen-bond acceptors (Lipinski definition) is 7. The van der Waals surface area contributed by atoms with Gasteiger partial charge < -0.3 is 23.3 Å². The van der Waals surface area contributed by atoms with Gasteiger partial charge in [0.05, 0.1) is 13.7 Å². The lowest BCUT2D eigenvalue weighted by atomic mass is 10.1. The van der Waals surface area contributed by atoms with Gasteiger partial charge >= 0.3 is 0 Å². The van der Waals surface area contributed by atoms with E-state index in [2.05, 4.69) is 47.4 Å². The summed E-state index contributed by atoms with van der Waals surface area (Å²) in [6.45, 7) is 4.55. The number of nitrogens with zero attached hydrogens (tertiary/aromatic N) is 1. The molecule has 0 N–H and O–H groups in total. The number of rotatable bonds is 12. The molecule has 0 atom stereocenters. The van der Waals surface area contributed by atoms with Gasteiger partial charge in [0.1, 0.15) is 18.1 Å². The van der Waals surface area contributed by atoms with Crippen LogP contribution in [0.15, 0.2) is 102 Å². The summed E-state index contributed by atoms with van der Waals surface area (Å²) >= 11 is 3.16. The van der Waals surface area contributed by atoms with Gasteiger partial charge in [-0.05, 0) is 79.3 Å². The molecule has 4 aromatic carbocycles. The van der Waals surface area contributed by atoms with Crippen molar-refractivity contribution >= 4 is 33.5 Å². The van der Waals surface area contributed by atoms with Crippen LogP contribution in [0.1, 0.15) is 24.8 Å². The molecule has 216 valence electrons. The fourth-order valence-corrected chi connectivity index (χ4v) is 6.72. The Bertz CT molecular complexity index is 1550. The Morgan fingerprint density at radius 2 is 1.57 bits per heavy atom. The molecule has 0 unspecified atom stereocenters. The third kappa shape index (κ3) is 7.28. The molecule has 0 saturated carbocycles. The van der Waals surface area contributed by atoms with Crippen molar-refractivity contribution < 1.29 is 18.4 Å². The highest BCUT2D eigenvalue weighted by molar-refractivity contribution is 7.94. The third-order valence-corrected chi connectivity index (χ3v) is 9.24. The summed E-state index contributed by atoms with van der Waals surface area (Å²) in [5.74, 6) is 2.73. The van der Waals surface area contributed by atoms with Crippen LogP contribution in [0.4, 0.5) is 0 Å². The van der Waals surface area contributed by atoms with Gasteiger partial charge in [-0.2, -0.15) is 0 Å². The number of hydrogen-bond donors (Lipinski definition) is 0. The zero-order valence-corrected chi connectivity index (χ0v) is 25.4. The van der Waals surface area contributed by atoms with Gasteiger partial charge in [0.25, 0.3) is 0 Å². The molecule has 1 aromatic heterocycles. The fraction of sp³-hybridized carbons (Fsp3) is 0.257. The average Bonchev–Trinajstić information content (AvgIpc) is 3.48. The number of fused-ring (bicyclic) bond motifs is 1. The van der Waals surface area contributed by atoms with Crippen LogP contribution in [0.2, 0.25) is 0 Å². The van der Waals surface area contributed by atoms with E-state index in [1.807, 2.05) is 54.6 Å². The van der Waals surface area contributed by atoms with Crippen LogP contribution < -0.4 is 14.2 Å². The van der Waals surface area contributed by atoms with Crippen molar-refractivity contribution in [3.63, 3.8) is 0 Å². The first-order valence-electron chi connectivity index (χ1n) is 14.4. The van der Waals surface area contributed by atoms with E-state index < -0.39 is 0 Å². The maximum Gasteiger partial charge on any atom is 0.170 e. The first kappa shape index (κ1) is 28.6. The normalized spacial score (nSPS) is 13.7. The number of ether oxygens (including phenoxy) is 3. The summed E-state index contributed by atoms with van der Waals surface area (Å²) in [4.78, 5) is 4.64. The van der Waals surface area contributed by atoms with E-state index in [1.165, 1.54) is 54.5 Å². The average molecular weight is 598 g/mol. The fourth-order valence-electron chi connectivity index (χ4n) is 5.09. The van der Waals surface area contributed by atoms with Crippen LogP contribution in [0.3, 0.4) is 0 Å². The predicted molar refractivity (Wildman–Crippen MR) is 173 cm³/mol. The second-order valence-electron chi connectivity index (χ2n) is 10.3. The van der Waals surface area contributed by atoms with E-state index in [0.29, 0.717) is 18.1 Å². The molecule has 0 aliphatic carbocycles. The highest BCUT2D eigenvalue weighted by atomic mass is 32.2. The molecule has 5 aromatic rings. The Labute approximate surface area is 256 Å². The quantitative estimate of drug-likeness (QED) is 0.105. The van der Waals surface area contributed by atoms with E-state index in [9.17, 15) is 0 Å². The van der Waals surface area contributed by atoms with Gasteiger partial charge in [0, 0.05) is 44.7 Å². The van der Waals surface area contributed by atoms with E-state index >= 15 is 0 Å². The Morgan fingerprint density at radius 3 is 2.36 bits per heavy atom. The van der Waals surface area contributed by atoms with Gasteiger partial charge in [0.15, 0.2) is 11.5 Å². The van der Waals surface area contributed by atoms with Crippen molar-refractivity contribution in [3.05, 3.63) is 103 Å². The van der Waals surface area contributed by atoms with Crippen molar-refractivity contribution in [2.75, 3.05) is 33.4 Å². The molecular weight excluding hydrogens is 563 g/mol. The van der Waals surface area contributed by atoms with Crippen molar-refractivity contribution in [2.45, 2.75) is 30.8 Å². The largest absolute Gasteiger partial charge is 0.493 e. The number of methoxy groups -OCH3 is 1. The molecule has 0 bridgehead atoms. The lowest BCUT2D eigenvalue weighted by Crippen LogP contribution is -2.32. The van der Waals surface area contributed by atoms with E-state index in [4.69, 9.17) is 18.4 Å². The van der Waals surface area contributed by atoms with Crippen molar-refractivity contribution in [1.29, 1.82) is 0 Å². The van der Waals surface area contributed by atoms with Crippen LogP contribution in [0.25, 0.3) is 20.5 Å². The minimum absolute atomic E-state index is 0.460. The minimum atomic E-state index is 0.460. The molecule has 1 aliphatic rings. The lowest BCUT2D eigenvalue weighted by molar-refractivity contribution is 0.194. The van der Waals surface area contributed by atoms with Gasteiger partial charge in [-0.3, -0.25) is 0 Å². The van der Waals surface area contributed by atoms with Crippen LogP contribution >= 0.6 is 23.4 Å². The summed E-state index contributed by atoms with van der Waals surface area (Å²) in [5.41, 5.74) is 2.07. The standard InChI is InChI=1S/C35H35NO4S2/c1-37-32-24-31(38-25-26-10-4-2-5-11-26)30(35-22-27-12-6-7-13-34(27)41-35)23-33(32)40-28-14-16-29(17-15-28)42-39-21-20-36-18-8-3-9-19-36/h2,4-7,10-17,22-24H,3,8-9,18-21,25H2,1H3. The molecular formula is C35H35NO4S2. The molecule has 0 spiro atoms. The molecule has 6 rings (SSSR count). The molecule has 2 heterocycles. The van der Waals surface area contributed by atoms with Crippen molar-refractivity contribution in [2.24, 2.45) is 0 Å². The molecule has 0 amide bonds. The van der Waals surface area contributed by atoms with Gasteiger partial charge in [-0.1, -0.05) is 55.0 Å². The van der Waals surface area contributed by atoms with Crippen molar-refractivity contribution in [3.8, 4) is 33.4 Å². The number of benzene rings is 4. The second kappa shape index (κ2) is 14.1. The van der Waals surface area contributed by atoms with E-state index in [-0.39, 0.29) is 0 Å². The highest BCUT2D eigenvalue weighted by Gasteiger charge is 2.18. The summed E-state index contributed by atoms with van der Waals surface area (Å²) < 4.78 is 25.6. The zero-order chi connectivity index (χ0) is 28.6. The second-order valence-corrected chi connectivity index (χ2v) is 12.3. The number of piperidine rings is 1. The van der Waals surface area contributed by atoms with Crippen LogP contribution in [-0.2, 0) is 10.8 Å². The number of likely N-dealkylation sites (tertiary alicyclic amines) is 1. The summed E-state index contributed by atoms with van der Waals surface area (Å²) in [6.07, 6.45) is 3.95. The Kier molecular flexibility index (Phi) is 9.62. The maximum absolute atomic E-state index is 6.38. The molecule has 42 heavy (non-hydrogen) atoms. The smallest absolute Gasteiger partial charge is 0.170 e. The Hall–Kier alpha value is -3.49. The lowest BCUT2D eigenvalue weighted by Gasteiger charge is -2.25. The zero-order valence-electron chi connectivity index (χ0n) is 23.8. The van der Waals surface area contributed by atoms with Crippen LogP contribution in [-0.4, -0.2) is 38.3 Å².